The zero-order valence-electron chi connectivity index (χ0n) is 18.9. The molecule has 0 atom stereocenters. The van der Waals surface area contributed by atoms with E-state index in [4.69, 9.17) is 11.6 Å². The first-order chi connectivity index (χ1) is 16.4. The summed E-state index contributed by atoms with van der Waals surface area (Å²) in [5.74, 6) is -0.625. The van der Waals surface area contributed by atoms with E-state index in [2.05, 4.69) is 30.1 Å². The predicted octanol–water partition coefficient (Wildman–Crippen LogP) is 3.02. The number of pyridine rings is 1. The van der Waals surface area contributed by atoms with Crippen LogP contribution in [0.3, 0.4) is 0 Å². The minimum absolute atomic E-state index is 0.144. The molecule has 0 unspecified atom stereocenters. The second-order valence-electron chi connectivity index (χ2n) is 8.96. The lowest BCUT2D eigenvalue weighted by atomic mass is 9.93. The Morgan fingerprint density at radius 3 is 2.62 bits per heavy atom. The zero-order chi connectivity index (χ0) is 23.8. The highest BCUT2D eigenvalue weighted by molar-refractivity contribution is 6.32. The van der Waals surface area contributed by atoms with Crippen molar-refractivity contribution in [2.45, 2.75) is 38.8 Å². The first-order valence-electron chi connectivity index (χ1n) is 11.5. The number of anilines is 1. The van der Waals surface area contributed by atoms with Crippen molar-refractivity contribution in [2.24, 2.45) is 0 Å². The van der Waals surface area contributed by atoms with Crippen molar-refractivity contribution < 1.29 is 9.18 Å². The average Bonchev–Trinajstić information content (AvgIpc) is 2.80. The van der Waals surface area contributed by atoms with Gasteiger partial charge in [0.2, 0.25) is 0 Å². The molecule has 0 bridgehead atoms. The molecular formula is C24H26ClFN6O2. The van der Waals surface area contributed by atoms with Crippen LogP contribution in [0.2, 0.25) is 5.15 Å². The molecule has 1 amide bonds. The van der Waals surface area contributed by atoms with Crippen LogP contribution in [-0.2, 0) is 6.54 Å². The van der Waals surface area contributed by atoms with Gasteiger partial charge in [-0.1, -0.05) is 17.7 Å². The molecule has 8 nitrogen and oxygen atoms in total. The molecule has 3 heterocycles. The van der Waals surface area contributed by atoms with Gasteiger partial charge >= 0.3 is 0 Å². The molecule has 0 radical (unpaired) electrons. The number of nitrogens with one attached hydrogen (secondary N) is 2. The Hall–Kier alpha value is -3.04. The third kappa shape index (κ3) is 4.50. The van der Waals surface area contributed by atoms with Gasteiger partial charge in [-0.25, -0.2) is 14.4 Å². The van der Waals surface area contributed by atoms with Crippen LogP contribution in [0.4, 0.5) is 10.1 Å². The topological polar surface area (TPSA) is 94.2 Å². The zero-order valence-corrected chi connectivity index (χ0v) is 19.7. The molecule has 2 fully saturated rings. The number of hydrogen-bond acceptors (Lipinski definition) is 6. The monoisotopic (exact) mass is 484 g/mol. The largest absolute Gasteiger partial charge is 0.366 e. The molecular weight excluding hydrogens is 459 g/mol. The second kappa shape index (κ2) is 9.31. The van der Waals surface area contributed by atoms with Crippen LogP contribution in [0, 0.1) is 12.7 Å². The lowest BCUT2D eigenvalue weighted by molar-refractivity contribution is 0.0912. The number of H-pyrrole nitrogens is 1. The Morgan fingerprint density at radius 1 is 1.18 bits per heavy atom. The summed E-state index contributed by atoms with van der Waals surface area (Å²) in [5.41, 5.74) is 2.15. The highest BCUT2D eigenvalue weighted by Crippen LogP contribution is 2.27. The summed E-state index contributed by atoms with van der Waals surface area (Å²) in [6, 6.07) is 7.26. The lowest BCUT2D eigenvalue weighted by Gasteiger charge is -2.36. The molecule has 2 N–H and O–H groups in total. The molecule has 2 aromatic heterocycles. The summed E-state index contributed by atoms with van der Waals surface area (Å²) >= 11 is 6.43. The van der Waals surface area contributed by atoms with Gasteiger partial charge in [0.05, 0.1) is 11.2 Å². The predicted molar refractivity (Wildman–Crippen MR) is 129 cm³/mol. The van der Waals surface area contributed by atoms with Gasteiger partial charge in [-0.3, -0.25) is 14.5 Å². The van der Waals surface area contributed by atoms with Crippen LogP contribution in [0.25, 0.3) is 11.0 Å². The van der Waals surface area contributed by atoms with E-state index in [1.165, 1.54) is 0 Å². The first kappa shape index (κ1) is 22.7. The highest BCUT2D eigenvalue weighted by atomic mass is 35.5. The van der Waals surface area contributed by atoms with Gasteiger partial charge in [-0.15, -0.1) is 0 Å². The first-order valence-corrected chi connectivity index (χ1v) is 11.9. The minimum Gasteiger partial charge on any atom is -0.366 e. The number of nitrogens with zero attached hydrogens (tertiary/aromatic N) is 4. The quantitative estimate of drug-likeness (QED) is 0.541. The fourth-order valence-corrected chi connectivity index (χ4v) is 4.64. The van der Waals surface area contributed by atoms with Gasteiger partial charge in [-0.2, -0.15) is 0 Å². The van der Waals surface area contributed by atoms with Gasteiger partial charge in [0.25, 0.3) is 11.5 Å². The molecule has 5 rings (SSSR count). The second-order valence-corrected chi connectivity index (χ2v) is 9.31. The summed E-state index contributed by atoms with van der Waals surface area (Å²) in [5, 5.41) is 3.28. The van der Waals surface area contributed by atoms with E-state index in [9.17, 15) is 9.59 Å². The number of aromatic nitrogens is 3. The number of rotatable bonds is 5. The normalized spacial score (nSPS) is 17.1. The van der Waals surface area contributed by atoms with E-state index in [1.807, 2.05) is 6.07 Å². The SMILES string of the molecule is Cc1nc2ccc(CN3CCN(c4ccc(C(=O)NC5CCC5)nc4Cl)CC3)c(F)c2[nH]c1=O. The molecule has 0 spiro atoms. The summed E-state index contributed by atoms with van der Waals surface area (Å²) in [6.45, 7) is 4.84. The Morgan fingerprint density at radius 2 is 1.94 bits per heavy atom. The summed E-state index contributed by atoms with van der Waals surface area (Å²) in [6.07, 6.45) is 3.17. The number of aryl methyl sites for hydroxylation is 1. The van der Waals surface area contributed by atoms with Gasteiger partial charge in [-0.05, 0) is 44.4 Å². The number of aromatic amines is 1. The van der Waals surface area contributed by atoms with Gasteiger partial charge in [0, 0.05) is 44.3 Å². The number of halogens is 2. The van der Waals surface area contributed by atoms with Gasteiger partial charge in [0.1, 0.15) is 16.9 Å². The number of carbonyl (C=O) groups excluding carboxylic acids is 1. The van der Waals surface area contributed by atoms with Gasteiger partial charge in [0.15, 0.2) is 11.0 Å². The molecule has 2 aliphatic rings. The van der Waals surface area contributed by atoms with Crippen molar-refractivity contribution in [1.29, 1.82) is 0 Å². The molecule has 1 saturated carbocycles. The Labute approximate surface area is 201 Å². The van der Waals surface area contributed by atoms with Crippen molar-refractivity contribution in [3.05, 3.63) is 62.5 Å². The van der Waals surface area contributed by atoms with Crippen molar-refractivity contribution in [1.82, 2.24) is 25.2 Å². The fraction of sp³-hybridized carbons (Fsp3) is 0.417. The smallest absolute Gasteiger partial charge is 0.270 e. The molecule has 34 heavy (non-hydrogen) atoms. The minimum atomic E-state index is -0.437. The van der Waals surface area contributed by atoms with Crippen molar-refractivity contribution in [3.63, 3.8) is 0 Å². The van der Waals surface area contributed by atoms with Crippen LogP contribution < -0.4 is 15.8 Å². The van der Waals surface area contributed by atoms with E-state index >= 15 is 4.39 Å². The van der Waals surface area contributed by atoms with Crippen LogP contribution in [0.15, 0.2) is 29.1 Å². The Kier molecular flexibility index (Phi) is 6.22. The molecule has 178 valence electrons. The Bertz CT molecular complexity index is 1300. The van der Waals surface area contributed by atoms with Crippen LogP contribution >= 0.6 is 11.6 Å². The van der Waals surface area contributed by atoms with Crippen LogP contribution in [-0.4, -0.2) is 58.0 Å². The van der Waals surface area contributed by atoms with Crippen LogP contribution in [0.5, 0.6) is 0 Å². The average molecular weight is 485 g/mol. The fourth-order valence-electron chi connectivity index (χ4n) is 4.37. The molecule has 1 aliphatic carbocycles. The molecule has 1 saturated heterocycles. The molecule has 10 heteroatoms. The van der Waals surface area contributed by atoms with E-state index in [0.717, 1.165) is 24.9 Å². The molecule has 1 aliphatic heterocycles. The third-order valence-electron chi connectivity index (χ3n) is 6.66. The van der Waals surface area contributed by atoms with E-state index in [0.29, 0.717) is 60.3 Å². The van der Waals surface area contributed by atoms with Crippen LogP contribution in [0.1, 0.15) is 41.0 Å². The van der Waals surface area contributed by atoms with Gasteiger partial charge < -0.3 is 15.2 Å². The number of hydrogen-bond donors (Lipinski definition) is 2. The standard InChI is InChI=1S/C24H26ClFN6O2/c1-14-23(33)30-21-17(27-14)6-5-15(20(21)26)13-31-9-11-32(12-10-31)19-8-7-18(29-22(19)25)24(34)28-16-3-2-4-16/h5-8,16H,2-4,9-13H2,1H3,(H,28,34)(H,30,33). The van der Waals surface area contributed by atoms with E-state index in [1.54, 1.807) is 25.1 Å². The number of piperazine rings is 1. The highest BCUT2D eigenvalue weighted by Gasteiger charge is 2.24. The van der Waals surface area contributed by atoms with Crippen molar-refractivity contribution in [3.8, 4) is 0 Å². The number of amides is 1. The summed E-state index contributed by atoms with van der Waals surface area (Å²) in [4.78, 5) is 39.6. The van der Waals surface area contributed by atoms with Crippen molar-refractivity contribution in [2.75, 3.05) is 31.1 Å². The summed E-state index contributed by atoms with van der Waals surface area (Å²) < 4.78 is 15.0. The van der Waals surface area contributed by atoms with E-state index < -0.39 is 5.82 Å². The number of fused-ring (bicyclic) bond motifs is 1. The third-order valence-corrected chi connectivity index (χ3v) is 6.94. The molecule has 3 aromatic rings. The summed E-state index contributed by atoms with van der Waals surface area (Å²) in [7, 11) is 0. The maximum atomic E-state index is 15.0. The maximum absolute atomic E-state index is 15.0. The van der Waals surface area contributed by atoms with Crippen molar-refractivity contribution >= 4 is 34.2 Å². The number of carbonyl (C=O) groups is 1. The maximum Gasteiger partial charge on any atom is 0.270 e. The lowest BCUT2D eigenvalue weighted by Crippen LogP contribution is -2.46. The Balaban J connectivity index is 1.23. The molecule has 1 aromatic carbocycles. The van der Waals surface area contributed by atoms with E-state index in [-0.39, 0.29) is 23.0 Å². The number of benzene rings is 1.